The van der Waals surface area contributed by atoms with E-state index in [2.05, 4.69) is 20.6 Å². The van der Waals surface area contributed by atoms with E-state index in [1.807, 2.05) is 4.90 Å². The molecule has 2 aromatic rings. The molecule has 4 rings (SSSR count). The predicted molar refractivity (Wildman–Crippen MR) is 95.7 cm³/mol. The number of amides is 1. The van der Waals surface area contributed by atoms with Crippen LogP contribution in [0.3, 0.4) is 0 Å². The normalized spacial score (nSPS) is 19.5. The first-order valence-corrected chi connectivity index (χ1v) is 9.74. The molecule has 28 heavy (non-hydrogen) atoms. The number of nitrogens with zero attached hydrogens (tertiary/aromatic N) is 5. The van der Waals surface area contributed by atoms with E-state index in [0.29, 0.717) is 31.2 Å². The molecular formula is C18H23F3N6O. The molecule has 1 aliphatic heterocycles. The monoisotopic (exact) mass is 396 g/mol. The number of carbonyl (C=O) groups is 1. The molecule has 2 aliphatic rings. The van der Waals surface area contributed by atoms with Crippen LogP contribution in [-0.2, 0) is 11.0 Å². The SMILES string of the molecule is O=C(CC1CCCC1)NC1CCN(c2ccc3nnc(C(F)(F)F)n3n2)CC1. The lowest BCUT2D eigenvalue weighted by atomic mass is 10.0. The van der Waals surface area contributed by atoms with Gasteiger partial charge in [-0.1, -0.05) is 12.8 Å². The molecule has 10 heteroatoms. The van der Waals surface area contributed by atoms with E-state index < -0.39 is 12.0 Å². The van der Waals surface area contributed by atoms with Crippen molar-refractivity contribution in [3.05, 3.63) is 18.0 Å². The summed E-state index contributed by atoms with van der Waals surface area (Å²) in [5.74, 6) is -0.0428. The smallest absolute Gasteiger partial charge is 0.355 e. The summed E-state index contributed by atoms with van der Waals surface area (Å²) in [7, 11) is 0. The highest BCUT2D eigenvalue weighted by atomic mass is 19.4. The van der Waals surface area contributed by atoms with Crippen molar-refractivity contribution in [1.29, 1.82) is 0 Å². The molecule has 0 radical (unpaired) electrons. The Labute approximate surface area is 160 Å². The standard InChI is InChI=1S/C18H23F3N6O/c19-18(20,21)17-24-23-14-5-6-15(25-27(14)17)26-9-7-13(8-10-26)22-16(28)11-12-3-1-2-4-12/h5-6,12-13H,1-4,7-11H2,(H,22,28). The number of rotatable bonds is 4. The number of anilines is 1. The van der Waals surface area contributed by atoms with E-state index in [1.165, 1.54) is 18.9 Å². The number of aromatic nitrogens is 4. The predicted octanol–water partition coefficient (Wildman–Crippen LogP) is 2.81. The second-order valence-electron chi connectivity index (χ2n) is 7.67. The number of halogens is 3. The number of carbonyl (C=O) groups excluding carboxylic acids is 1. The second-order valence-corrected chi connectivity index (χ2v) is 7.67. The van der Waals surface area contributed by atoms with Crippen molar-refractivity contribution < 1.29 is 18.0 Å². The van der Waals surface area contributed by atoms with Crippen molar-refractivity contribution in [2.75, 3.05) is 18.0 Å². The second kappa shape index (κ2) is 7.56. The molecule has 152 valence electrons. The molecule has 1 amide bonds. The Morgan fingerprint density at radius 1 is 1.11 bits per heavy atom. The summed E-state index contributed by atoms with van der Waals surface area (Å²) in [6.45, 7) is 1.24. The van der Waals surface area contributed by atoms with Crippen LogP contribution >= 0.6 is 0 Å². The van der Waals surface area contributed by atoms with Crippen molar-refractivity contribution >= 4 is 17.4 Å². The van der Waals surface area contributed by atoms with Crippen LogP contribution in [0.5, 0.6) is 0 Å². The van der Waals surface area contributed by atoms with Crippen LogP contribution in [0.25, 0.3) is 5.65 Å². The molecule has 2 fully saturated rings. The van der Waals surface area contributed by atoms with Gasteiger partial charge < -0.3 is 10.2 Å². The van der Waals surface area contributed by atoms with Crippen LogP contribution in [0, 0.1) is 5.92 Å². The zero-order valence-corrected chi connectivity index (χ0v) is 15.5. The quantitative estimate of drug-likeness (QED) is 0.860. The highest BCUT2D eigenvalue weighted by Gasteiger charge is 2.38. The Morgan fingerprint density at radius 3 is 2.50 bits per heavy atom. The van der Waals surface area contributed by atoms with Crippen molar-refractivity contribution in [2.24, 2.45) is 5.92 Å². The van der Waals surface area contributed by atoms with Gasteiger partial charge in [0, 0.05) is 25.6 Å². The first-order valence-electron chi connectivity index (χ1n) is 9.74. The first kappa shape index (κ1) is 18.9. The number of alkyl halides is 3. The Hall–Kier alpha value is -2.39. The van der Waals surface area contributed by atoms with Gasteiger partial charge in [-0.3, -0.25) is 4.79 Å². The fraction of sp³-hybridized carbons (Fsp3) is 0.667. The summed E-state index contributed by atoms with van der Waals surface area (Å²) in [4.78, 5) is 14.1. The van der Waals surface area contributed by atoms with Crippen LogP contribution in [0.1, 0.15) is 50.8 Å². The largest absolute Gasteiger partial charge is 0.453 e. The van der Waals surface area contributed by atoms with Gasteiger partial charge in [-0.15, -0.1) is 15.3 Å². The highest BCUT2D eigenvalue weighted by molar-refractivity contribution is 5.76. The average Bonchev–Trinajstić information content (AvgIpc) is 3.30. The van der Waals surface area contributed by atoms with Gasteiger partial charge in [-0.25, -0.2) is 0 Å². The van der Waals surface area contributed by atoms with Crippen molar-refractivity contribution in [3.63, 3.8) is 0 Å². The molecule has 1 saturated heterocycles. The van der Waals surface area contributed by atoms with E-state index in [1.54, 1.807) is 6.07 Å². The van der Waals surface area contributed by atoms with Crippen LogP contribution in [-0.4, -0.2) is 44.8 Å². The van der Waals surface area contributed by atoms with Crippen LogP contribution in [0.2, 0.25) is 0 Å². The minimum atomic E-state index is -4.61. The summed E-state index contributed by atoms with van der Waals surface area (Å²) in [6, 6.07) is 3.25. The van der Waals surface area contributed by atoms with E-state index in [4.69, 9.17) is 0 Å². The maximum absolute atomic E-state index is 13.0. The topological polar surface area (TPSA) is 75.4 Å². The maximum Gasteiger partial charge on any atom is 0.453 e. The van der Waals surface area contributed by atoms with E-state index >= 15 is 0 Å². The zero-order chi connectivity index (χ0) is 19.7. The molecule has 1 saturated carbocycles. The third-order valence-electron chi connectivity index (χ3n) is 5.64. The number of nitrogens with one attached hydrogen (secondary N) is 1. The molecular weight excluding hydrogens is 373 g/mol. The zero-order valence-electron chi connectivity index (χ0n) is 15.5. The van der Waals surface area contributed by atoms with Gasteiger partial charge >= 0.3 is 6.18 Å². The lowest BCUT2D eigenvalue weighted by Gasteiger charge is -2.33. The van der Waals surface area contributed by atoms with Crippen molar-refractivity contribution in [1.82, 2.24) is 25.1 Å². The summed E-state index contributed by atoms with van der Waals surface area (Å²) in [5, 5.41) is 13.9. The maximum atomic E-state index is 13.0. The van der Waals surface area contributed by atoms with Crippen LogP contribution in [0.15, 0.2) is 12.1 Å². The lowest BCUT2D eigenvalue weighted by Crippen LogP contribution is -2.45. The molecule has 7 nitrogen and oxygen atoms in total. The molecule has 0 bridgehead atoms. The minimum absolute atomic E-state index is 0.0603. The minimum Gasteiger partial charge on any atom is -0.355 e. The van der Waals surface area contributed by atoms with Gasteiger partial charge in [0.05, 0.1) is 0 Å². The molecule has 3 heterocycles. The van der Waals surface area contributed by atoms with Crippen molar-refractivity contribution in [3.8, 4) is 0 Å². The number of hydrogen-bond donors (Lipinski definition) is 1. The number of piperidine rings is 1. The Bertz CT molecular complexity index is 837. The summed E-state index contributed by atoms with van der Waals surface area (Å²) in [6.07, 6.45) is 2.20. The van der Waals surface area contributed by atoms with E-state index in [0.717, 1.165) is 30.2 Å². The number of fused-ring (bicyclic) bond motifs is 1. The van der Waals surface area contributed by atoms with Crippen LogP contribution < -0.4 is 10.2 Å². The molecule has 0 atom stereocenters. The van der Waals surface area contributed by atoms with E-state index in [9.17, 15) is 18.0 Å². The molecule has 0 spiro atoms. The summed E-state index contributed by atoms with van der Waals surface area (Å²) >= 11 is 0. The van der Waals surface area contributed by atoms with Gasteiger partial charge in [0.1, 0.15) is 5.82 Å². The van der Waals surface area contributed by atoms with Gasteiger partial charge in [-0.2, -0.15) is 17.7 Å². The number of hydrogen-bond acceptors (Lipinski definition) is 5. The van der Waals surface area contributed by atoms with Gasteiger partial charge in [0.25, 0.3) is 5.82 Å². The third-order valence-corrected chi connectivity index (χ3v) is 5.64. The lowest BCUT2D eigenvalue weighted by molar-refractivity contribution is -0.146. The molecule has 0 unspecified atom stereocenters. The highest BCUT2D eigenvalue weighted by Crippen LogP contribution is 2.29. The fourth-order valence-corrected chi connectivity index (χ4v) is 4.14. The third kappa shape index (κ3) is 4.05. The molecule has 1 N–H and O–H groups in total. The Kier molecular flexibility index (Phi) is 5.11. The summed E-state index contributed by atoms with van der Waals surface area (Å²) < 4.78 is 39.8. The fourth-order valence-electron chi connectivity index (χ4n) is 4.14. The Balaban J connectivity index is 1.36. The van der Waals surface area contributed by atoms with Gasteiger partial charge in [-0.05, 0) is 43.7 Å². The molecule has 0 aromatic carbocycles. The van der Waals surface area contributed by atoms with Gasteiger partial charge in [0.15, 0.2) is 5.65 Å². The van der Waals surface area contributed by atoms with Crippen LogP contribution in [0.4, 0.5) is 19.0 Å². The molecule has 1 aliphatic carbocycles. The first-order chi connectivity index (χ1) is 13.4. The van der Waals surface area contributed by atoms with Gasteiger partial charge in [0.2, 0.25) is 5.91 Å². The molecule has 2 aromatic heterocycles. The van der Waals surface area contributed by atoms with E-state index in [-0.39, 0.29) is 17.6 Å². The van der Waals surface area contributed by atoms with Crippen molar-refractivity contribution in [2.45, 2.75) is 57.2 Å². The summed E-state index contributed by atoms with van der Waals surface area (Å²) in [5.41, 5.74) is 0.0603. The average molecular weight is 396 g/mol. The Morgan fingerprint density at radius 2 is 1.82 bits per heavy atom.